The van der Waals surface area contributed by atoms with Crippen molar-refractivity contribution in [3.63, 3.8) is 0 Å². The van der Waals surface area contributed by atoms with E-state index in [0.717, 1.165) is 23.2 Å². The van der Waals surface area contributed by atoms with Gasteiger partial charge in [-0.1, -0.05) is 6.92 Å². The van der Waals surface area contributed by atoms with Crippen LogP contribution in [0, 0.1) is 0 Å². The standard InChI is InChI=1S/C11H18BrNO3/c1-4-6-13-9(11(14-2)15-3)10-8(12)5-7-16-10/h5,7,9,11,13H,4,6H2,1-3H3. The Morgan fingerprint density at radius 2 is 2.12 bits per heavy atom. The molecular formula is C11H18BrNO3. The highest BCUT2D eigenvalue weighted by Gasteiger charge is 2.26. The van der Waals surface area contributed by atoms with Crippen molar-refractivity contribution >= 4 is 15.9 Å². The van der Waals surface area contributed by atoms with Gasteiger partial charge in [0.15, 0.2) is 6.29 Å². The summed E-state index contributed by atoms with van der Waals surface area (Å²) in [5.41, 5.74) is 0. The number of ether oxygens (including phenoxy) is 2. The van der Waals surface area contributed by atoms with Crippen molar-refractivity contribution in [3.8, 4) is 0 Å². The van der Waals surface area contributed by atoms with Crippen LogP contribution in [-0.4, -0.2) is 27.1 Å². The molecule has 4 nitrogen and oxygen atoms in total. The molecule has 1 aromatic rings. The first-order valence-electron chi connectivity index (χ1n) is 5.26. The lowest BCUT2D eigenvalue weighted by Gasteiger charge is -2.24. The van der Waals surface area contributed by atoms with E-state index in [1.54, 1.807) is 20.5 Å². The molecule has 1 heterocycles. The van der Waals surface area contributed by atoms with Crippen molar-refractivity contribution in [1.29, 1.82) is 0 Å². The van der Waals surface area contributed by atoms with Crippen molar-refractivity contribution < 1.29 is 13.9 Å². The fraction of sp³-hybridized carbons (Fsp3) is 0.636. The van der Waals surface area contributed by atoms with E-state index in [9.17, 15) is 0 Å². The van der Waals surface area contributed by atoms with E-state index in [2.05, 4.69) is 28.2 Å². The molecule has 0 bridgehead atoms. The summed E-state index contributed by atoms with van der Waals surface area (Å²) < 4.78 is 16.9. The van der Waals surface area contributed by atoms with Crippen LogP contribution < -0.4 is 5.32 Å². The molecule has 1 rings (SSSR count). The van der Waals surface area contributed by atoms with Gasteiger partial charge in [-0.15, -0.1) is 0 Å². The van der Waals surface area contributed by atoms with E-state index in [1.807, 2.05) is 6.07 Å². The van der Waals surface area contributed by atoms with Crippen molar-refractivity contribution in [3.05, 3.63) is 22.6 Å². The van der Waals surface area contributed by atoms with Crippen LogP contribution in [0.4, 0.5) is 0 Å². The zero-order chi connectivity index (χ0) is 12.0. The van der Waals surface area contributed by atoms with E-state index in [1.165, 1.54) is 0 Å². The summed E-state index contributed by atoms with van der Waals surface area (Å²) in [6.07, 6.45) is 2.31. The van der Waals surface area contributed by atoms with Gasteiger partial charge in [0.25, 0.3) is 0 Å². The molecule has 0 amide bonds. The Morgan fingerprint density at radius 1 is 1.44 bits per heavy atom. The Hall–Kier alpha value is -0.360. The van der Waals surface area contributed by atoms with Gasteiger partial charge in [0.1, 0.15) is 11.8 Å². The van der Waals surface area contributed by atoms with E-state index in [0.29, 0.717) is 0 Å². The van der Waals surface area contributed by atoms with Gasteiger partial charge < -0.3 is 19.2 Å². The van der Waals surface area contributed by atoms with Crippen LogP contribution >= 0.6 is 15.9 Å². The number of methoxy groups -OCH3 is 2. The Labute approximate surface area is 104 Å². The molecule has 0 aliphatic heterocycles. The zero-order valence-corrected chi connectivity index (χ0v) is 11.4. The van der Waals surface area contributed by atoms with Gasteiger partial charge in [-0.25, -0.2) is 0 Å². The quantitative estimate of drug-likeness (QED) is 0.785. The SMILES string of the molecule is CCCNC(c1occc1Br)C(OC)OC. The second-order valence-electron chi connectivity index (χ2n) is 3.40. The summed E-state index contributed by atoms with van der Waals surface area (Å²) in [5, 5.41) is 3.34. The van der Waals surface area contributed by atoms with Crippen molar-refractivity contribution in [2.75, 3.05) is 20.8 Å². The largest absolute Gasteiger partial charge is 0.466 e. The minimum atomic E-state index is -0.367. The van der Waals surface area contributed by atoms with E-state index < -0.39 is 0 Å². The van der Waals surface area contributed by atoms with Crippen LogP contribution in [0.1, 0.15) is 25.1 Å². The third kappa shape index (κ3) is 3.31. The molecule has 1 unspecified atom stereocenters. The Morgan fingerprint density at radius 3 is 2.56 bits per heavy atom. The number of hydrogen-bond acceptors (Lipinski definition) is 4. The Kier molecular flexibility index (Phi) is 6.05. The van der Waals surface area contributed by atoms with Gasteiger partial charge in [0.05, 0.1) is 10.7 Å². The van der Waals surface area contributed by atoms with Gasteiger partial charge in [0.2, 0.25) is 0 Å². The highest BCUT2D eigenvalue weighted by Crippen LogP contribution is 2.28. The van der Waals surface area contributed by atoms with Gasteiger partial charge >= 0.3 is 0 Å². The molecule has 1 N–H and O–H groups in total. The third-order valence-electron chi connectivity index (χ3n) is 2.28. The molecule has 1 atom stereocenters. The summed E-state index contributed by atoms with van der Waals surface area (Å²) in [6.45, 7) is 2.98. The fourth-order valence-corrected chi connectivity index (χ4v) is 1.96. The monoisotopic (exact) mass is 291 g/mol. The second-order valence-corrected chi connectivity index (χ2v) is 4.26. The molecule has 5 heteroatoms. The number of halogens is 1. The molecule has 0 saturated carbocycles. The molecule has 0 saturated heterocycles. The molecule has 0 aliphatic rings. The van der Waals surface area contributed by atoms with Gasteiger partial charge in [-0.2, -0.15) is 0 Å². The summed E-state index contributed by atoms with van der Waals surface area (Å²) in [4.78, 5) is 0. The van der Waals surface area contributed by atoms with Gasteiger partial charge in [0, 0.05) is 14.2 Å². The summed E-state index contributed by atoms with van der Waals surface area (Å²) in [7, 11) is 3.23. The molecule has 0 radical (unpaired) electrons. The average Bonchev–Trinajstić information content (AvgIpc) is 2.71. The first kappa shape index (κ1) is 13.7. The third-order valence-corrected chi connectivity index (χ3v) is 2.93. The summed E-state index contributed by atoms with van der Waals surface area (Å²) in [5.74, 6) is 0.794. The topological polar surface area (TPSA) is 43.6 Å². The lowest BCUT2D eigenvalue weighted by atomic mass is 10.2. The molecule has 1 aromatic heterocycles. The maximum atomic E-state index is 5.44. The molecule has 92 valence electrons. The second kappa shape index (κ2) is 7.06. The highest BCUT2D eigenvalue weighted by atomic mass is 79.9. The lowest BCUT2D eigenvalue weighted by molar-refractivity contribution is -0.127. The Bertz CT molecular complexity index is 299. The van der Waals surface area contributed by atoms with Crippen LogP contribution in [0.15, 0.2) is 21.2 Å². The number of rotatable bonds is 7. The van der Waals surface area contributed by atoms with Crippen LogP contribution in [0.3, 0.4) is 0 Å². The zero-order valence-electron chi connectivity index (χ0n) is 9.83. The summed E-state index contributed by atoms with van der Waals surface area (Å²) in [6, 6.07) is 1.75. The molecule has 0 aliphatic carbocycles. The number of nitrogens with one attached hydrogen (secondary N) is 1. The first-order valence-corrected chi connectivity index (χ1v) is 6.05. The van der Waals surface area contributed by atoms with E-state index in [-0.39, 0.29) is 12.3 Å². The number of hydrogen-bond donors (Lipinski definition) is 1. The molecule has 0 aromatic carbocycles. The van der Waals surface area contributed by atoms with Crippen molar-refractivity contribution in [2.24, 2.45) is 0 Å². The Balaban J connectivity index is 2.82. The van der Waals surface area contributed by atoms with Crippen LogP contribution in [0.25, 0.3) is 0 Å². The summed E-state index contributed by atoms with van der Waals surface area (Å²) >= 11 is 3.44. The van der Waals surface area contributed by atoms with Crippen LogP contribution in [-0.2, 0) is 9.47 Å². The maximum absolute atomic E-state index is 5.44. The predicted octanol–water partition coefficient (Wildman–Crippen LogP) is 2.70. The van der Waals surface area contributed by atoms with Crippen molar-refractivity contribution in [1.82, 2.24) is 5.32 Å². The van der Waals surface area contributed by atoms with Crippen LogP contribution in [0.2, 0.25) is 0 Å². The first-order chi connectivity index (χ1) is 7.74. The minimum Gasteiger partial charge on any atom is -0.466 e. The van der Waals surface area contributed by atoms with Gasteiger partial charge in [-0.05, 0) is 35.0 Å². The number of furan rings is 1. The van der Waals surface area contributed by atoms with Gasteiger partial charge in [-0.3, -0.25) is 0 Å². The smallest absolute Gasteiger partial charge is 0.179 e. The van der Waals surface area contributed by atoms with E-state index in [4.69, 9.17) is 13.9 Å². The molecule has 0 spiro atoms. The van der Waals surface area contributed by atoms with Crippen molar-refractivity contribution in [2.45, 2.75) is 25.7 Å². The highest BCUT2D eigenvalue weighted by molar-refractivity contribution is 9.10. The fourth-order valence-electron chi connectivity index (χ4n) is 1.51. The predicted molar refractivity (Wildman–Crippen MR) is 65.2 cm³/mol. The maximum Gasteiger partial charge on any atom is 0.179 e. The molecular weight excluding hydrogens is 274 g/mol. The average molecular weight is 292 g/mol. The minimum absolute atomic E-state index is 0.112. The normalized spacial score (nSPS) is 13.3. The van der Waals surface area contributed by atoms with E-state index >= 15 is 0 Å². The van der Waals surface area contributed by atoms with Crippen LogP contribution in [0.5, 0.6) is 0 Å². The lowest BCUT2D eigenvalue weighted by Crippen LogP contribution is -2.35. The molecule has 16 heavy (non-hydrogen) atoms. The molecule has 0 fully saturated rings.